The molecular weight excluding hydrogens is 412 g/mol. The van der Waals surface area contributed by atoms with Crippen molar-refractivity contribution in [1.29, 1.82) is 0 Å². The monoisotopic (exact) mass is 438 g/mol. The molecule has 156 valence electrons. The molecule has 1 aromatic carbocycles. The first-order valence-corrected chi connectivity index (χ1v) is 12.1. The highest BCUT2D eigenvalue weighted by molar-refractivity contribution is 8.00. The maximum Gasteiger partial charge on any atom is 0.235 e. The molecule has 7 heteroatoms. The number of benzene rings is 1. The Morgan fingerprint density at radius 3 is 2.77 bits per heavy atom. The molecule has 0 saturated carbocycles. The Balaban J connectivity index is 1.25. The van der Waals surface area contributed by atoms with E-state index >= 15 is 0 Å². The molecule has 1 fully saturated rings. The van der Waals surface area contributed by atoms with Gasteiger partial charge in [-0.2, -0.15) is 0 Å². The predicted octanol–water partition coefficient (Wildman–Crippen LogP) is 5.00. The lowest BCUT2D eigenvalue weighted by Gasteiger charge is -2.33. The number of piperidine rings is 1. The van der Waals surface area contributed by atoms with Gasteiger partial charge in [-0.1, -0.05) is 48.2 Å². The third kappa shape index (κ3) is 5.61. The second-order valence-corrected chi connectivity index (χ2v) is 9.86. The van der Waals surface area contributed by atoms with Crippen molar-refractivity contribution in [2.75, 3.05) is 13.1 Å². The Labute approximate surface area is 185 Å². The van der Waals surface area contributed by atoms with Crippen LogP contribution in [-0.2, 0) is 11.2 Å². The number of nitrogens with one attached hydrogen (secondary N) is 1. The molecule has 1 amide bonds. The molecule has 0 radical (unpaired) electrons. The maximum atomic E-state index is 12.9. The molecule has 4 rings (SSSR count). The molecule has 0 spiro atoms. The van der Waals surface area contributed by atoms with Gasteiger partial charge in [0.25, 0.3) is 0 Å². The summed E-state index contributed by atoms with van der Waals surface area (Å²) in [5.41, 5.74) is 1.39. The van der Waals surface area contributed by atoms with E-state index in [0.29, 0.717) is 16.9 Å². The van der Waals surface area contributed by atoms with Gasteiger partial charge in [-0.3, -0.25) is 9.89 Å². The highest BCUT2D eigenvalue weighted by atomic mass is 32.2. The Kier molecular flexibility index (Phi) is 7.02. The lowest BCUT2D eigenvalue weighted by atomic mass is 9.90. The molecule has 1 atom stereocenters. The molecule has 1 aliphatic rings. The third-order valence-electron chi connectivity index (χ3n) is 5.35. The number of hydrogen-bond acceptors (Lipinski definition) is 5. The first-order valence-electron chi connectivity index (χ1n) is 10.3. The van der Waals surface area contributed by atoms with Gasteiger partial charge in [0.05, 0.1) is 5.25 Å². The fourth-order valence-corrected chi connectivity index (χ4v) is 5.14. The zero-order chi connectivity index (χ0) is 20.8. The standard InChI is InChI=1S/C23H26N4OS2/c1-17(30-23-24-21(25-26-23)10-9-20-8-5-15-29-20)22(28)27-13-11-19(12-14-27)16-18-6-3-2-4-7-18/h2-10,15,17,19H,11-14,16H2,1H3,(H,24,25,26)/b10-9+. The molecule has 3 aromatic rings. The number of amides is 1. The van der Waals surface area contributed by atoms with Gasteiger partial charge >= 0.3 is 0 Å². The highest BCUT2D eigenvalue weighted by Gasteiger charge is 2.27. The van der Waals surface area contributed by atoms with E-state index in [4.69, 9.17) is 0 Å². The van der Waals surface area contributed by atoms with E-state index in [1.54, 1.807) is 11.3 Å². The molecule has 5 nitrogen and oxygen atoms in total. The van der Waals surface area contributed by atoms with Crippen molar-refractivity contribution in [2.24, 2.45) is 5.92 Å². The number of hydrogen-bond donors (Lipinski definition) is 1. The van der Waals surface area contributed by atoms with E-state index in [2.05, 4.69) is 51.6 Å². The van der Waals surface area contributed by atoms with Crippen molar-refractivity contribution in [3.05, 3.63) is 64.1 Å². The van der Waals surface area contributed by atoms with Gasteiger partial charge in [0, 0.05) is 18.0 Å². The van der Waals surface area contributed by atoms with E-state index in [1.807, 2.05) is 35.4 Å². The lowest BCUT2D eigenvalue weighted by Crippen LogP contribution is -2.42. The Morgan fingerprint density at radius 1 is 1.23 bits per heavy atom. The van der Waals surface area contributed by atoms with Gasteiger partial charge in [0.15, 0.2) is 0 Å². The summed E-state index contributed by atoms with van der Waals surface area (Å²) < 4.78 is 0. The first-order chi connectivity index (χ1) is 14.7. The number of nitrogens with zero attached hydrogens (tertiary/aromatic N) is 3. The van der Waals surface area contributed by atoms with Crippen LogP contribution in [0, 0.1) is 5.92 Å². The second-order valence-electron chi connectivity index (χ2n) is 7.57. The van der Waals surface area contributed by atoms with Crippen molar-refractivity contribution < 1.29 is 4.79 Å². The zero-order valence-corrected chi connectivity index (χ0v) is 18.7. The van der Waals surface area contributed by atoms with Crippen LogP contribution < -0.4 is 0 Å². The summed E-state index contributed by atoms with van der Waals surface area (Å²) >= 11 is 3.09. The normalized spacial score (nSPS) is 16.2. The van der Waals surface area contributed by atoms with Crippen LogP contribution in [0.3, 0.4) is 0 Å². The quantitative estimate of drug-likeness (QED) is 0.528. The van der Waals surface area contributed by atoms with Crippen molar-refractivity contribution in [3.63, 3.8) is 0 Å². The predicted molar refractivity (Wildman–Crippen MR) is 124 cm³/mol. The van der Waals surface area contributed by atoms with Crippen LogP contribution in [0.25, 0.3) is 12.2 Å². The molecule has 1 saturated heterocycles. The summed E-state index contributed by atoms with van der Waals surface area (Å²) in [6.07, 6.45) is 7.15. The first kappa shape index (κ1) is 20.9. The van der Waals surface area contributed by atoms with Crippen molar-refractivity contribution >= 4 is 41.2 Å². The van der Waals surface area contributed by atoms with Gasteiger partial charge in [0.1, 0.15) is 5.82 Å². The SMILES string of the molecule is CC(Sc1n[nH]c(/C=C/c2cccs2)n1)C(=O)N1CCC(Cc2ccccc2)CC1. The minimum absolute atomic E-state index is 0.179. The number of aromatic amines is 1. The van der Waals surface area contributed by atoms with Crippen LogP contribution >= 0.6 is 23.1 Å². The average molecular weight is 439 g/mol. The van der Waals surface area contributed by atoms with Gasteiger partial charge in [-0.25, -0.2) is 4.98 Å². The second kappa shape index (κ2) is 10.1. The topological polar surface area (TPSA) is 61.9 Å². The Hall–Kier alpha value is -2.38. The summed E-state index contributed by atoms with van der Waals surface area (Å²) in [5, 5.41) is 9.64. The van der Waals surface area contributed by atoms with E-state index in [-0.39, 0.29) is 11.2 Å². The van der Waals surface area contributed by atoms with E-state index < -0.39 is 0 Å². The number of thioether (sulfide) groups is 1. The maximum absolute atomic E-state index is 12.9. The number of H-pyrrole nitrogens is 1. The number of rotatable bonds is 7. The number of likely N-dealkylation sites (tertiary alicyclic amines) is 1. The molecule has 1 aliphatic heterocycles. The smallest absolute Gasteiger partial charge is 0.235 e. The lowest BCUT2D eigenvalue weighted by molar-refractivity contribution is -0.131. The van der Waals surface area contributed by atoms with E-state index in [0.717, 1.165) is 32.4 Å². The zero-order valence-electron chi connectivity index (χ0n) is 17.0. The van der Waals surface area contributed by atoms with Gasteiger partial charge in [0.2, 0.25) is 11.1 Å². The largest absolute Gasteiger partial charge is 0.342 e. The molecule has 3 heterocycles. The molecule has 30 heavy (non-hydrogen) atoms. The third-order valence-corrected chi connectivity index (χ3v) is 7.14. The van der Waals surface area contributed by atoms with Crippen LogP contribution in [0.2, 0.25) is 0 Å². The molecule has 0 aliphatic carbocycles. The van der Waals surface area contributed by atoms with E-state index in [9.17, 15) is 4.79 Å². The Bertz CT molecular complexity index is 960. The summed E-state index contributed by atoms with van der Waals surface area (Å²) in [5.74, 6) is 1.54. The fourth-order valence-electron chi connectivity index (χ4n) is 3.70. The molecular formula is C23H26N4OS2. The minimum Gasteiger partial charge on any atom is -0.342 e. The van der Waals surface area contributed by atoms with Gasteiger partial charge in [-0.05, 0) is 61.3 Å². The molecule has 1 N–H and O–H groups in total. The summed E-state index contributed by atoms with van der Waals surface area (Å²) in [7, 11) is 0. The average Bonchev–Trinajstić information content (AvgIpc) is 3.45. The van der Waals surface area contributed by atoms with E-state index in [1.165, 1.54) is 22.2 Å². The number of aromatic nitrogens is 3. The van der Waals surface area contributed by atoms with Gasteiger partial charge in [-0.15, -0.1) is 16.4 Å². The number of carbonyl (C=O) groups excluding carboxylic acids is 1. The minimum atomic E-state index is -0.194. The van der Waals surface area contributed by atoms with Crippen molar-refractivity contribution in [3.8, 4) is 0 Å². The molecule has 0 bridgehead atoms. The summed E-state index contributed by atoms with van der Waals surface area (Å²) in [4.78, 5) is 20.5. The van der Waals surface area contributed by atoms with Crippen LogP contribution in [0.5, 0.6) is 0 Å². The van der Waals surface area contributed by atoms with Crippen LogP contribution in [0.1, 0.15) is 36.0 Å². The van der Waals surface area contributed by atoms with Crippen LogP contribution in [0.4, 0.5) is 0 Å². The summed E-state index contributed by atoms with van der Waals surface area (Å²) in [6, 6.07) is 14.7. The summed E-state index contributed by atoms with van der Waals surface area (Å²) in [6.45, 7) is 3.62. The van der Waals surface area contributed by atoms with Gasteiger partial charge < -0.3 is 4.90 Å². The molecule has 1 unspecified atom stereocenters. The van der Waals surface area contributed by atoms with Crippen molar-refractivity contribution in [2.45, 2.75) is 36.6 Å². The highest BCUT2D eigenvalue weighted by Crippen LogP contribution is 2.26. The van der Waals surface area contributed by atoms with Crippen molar-refractivity contribution in [1.82, 2.24) is 20.1 Å². The van der Waals surface area contributed by atoms with Crippen LogP contribution in [-0.4, -0.2) is 44.3 Å². The number of carbonyl (C=O) groups is 1. The number of thiophene rings is 1. The fraction of sp³-hybridized carbons (Fsp3) is 0.348. The molecule has 2 aromatic heterocycles. The van der Waals surface area contributed by atoms with Crippen LogP contribution in [0.15, 0.2) is 53.0 Å². The Morgan fingerprint density at radius 2 is 2.03 bits per heavy atom.